The highest BCUT2D eigenvalue weighted by atomic mass is 16.3. The minimum atomic E-state index is -0.550. The smallest absolute Gasteiger partial charge is 0.113 e. The average Bonchev–Trinajstić information content (AvgIpc) is 3.37. The fourth-order valence-corrected chi connectivity index (χ4v) is 4.39. The molecular formula is C23H23N5O. The normalized spacial score (nSPS) is 20.4. The summed E-state index contributed by atoms with van der Waals surface area (Å²) in [5, 5.41) is 24.3. The van der Waals surface area contributed by atoms with Crippen LogP contribution in [0.4, 0.5) is 0 Å². The predicted octanol–water partition coefficient (Wildman–Crippen LogP) is 4.18. The lowest BCUT2D eigenvalue weighted by atomic mass is 9.71. The van der Waals surface area contributed by atoms with Crippen LogP contribution in [0.25, 0.3) is 16.9 Å². The third-order valence-corrected chi connectivity index (χ3v) is 5.76. The molecule has 0 spiro atoms. The van der Waals surface area contributed by atoms with E-state index in [1.165, 1.54) is 0 Å². The SMILES string of the molecule is CC1(C)CC(O)c2cnn(-c3ccccc3)c2C1n1cc(-c2ccccc2)nn1. The van der Waals surface area contributed by atoms with Crippen LogP contribution in [-0.4, -0.2) is 29.9 Å². The minimum absolute atomic E-state index is 0.103. The summed E-state index contributed by atoms with van der Waals surface area (Å²) < 4.78 is 3.85. The van der Waals surface area contributed by atoms with Gasteiger partial charge in [0.25, 0.3) is 0 Å². The number of rotatable bonds is 3. The zero-order valence-corrected chi connectivity index (χ0v) is 16.5. The summed E-state index contributed by atoms with van der Waals surface area (Å²) in [5.41, 5.74) is 4.41. The molecule has 146 valence electrons. The Hall–Kier alpha value is -3.25. The number of hydrogen-bond donors (Lipinski definition) is 1. The Kier molecular flexibility index (Phi) is 4.10. The minimum Gasteiger partial charge on any atom is -0.388 e. The van der Waals surface area contributed by atoms with Crippen molar-refractivity contribution in [1.82, 2.24) is 24.8 Å². The number of fused-ring (bicyclic) bond motifs is 1. The summed E-state index contributed by atoms with van der Waals surface area (Å²) >= 11 is 0. The third kappa shape index (κ3) is 2.96. The van der Waals surface area contributed by atoms with E-state index in [1.807, 2.05) is 76.2 Å². The van der Waals surface area contributed by atoms with Crippen LogP contribution in [0.1, 0.15) is 43.7 Å². The first-order chi connectivity index (χ1) is 14.0. The number of aromatic nitrogens is 5. The van der Waals surface area contributed by atoms with Gasteiger partial charge in [0, 0.05) is 11.1 Å². The van der Waals surface area contributed by atoms with Crippen LogP contribution in [0.15, 0.2) is 73.1 Å². The molecule has 1 aliphatic rings. The first-order valence-corrected chi connectivity index (χ1v) is 9.83. The highest BCUT2D eigenvalue weighted by Gasteiger charge is 2.44. The lowest BCUT2D eigenvalue weighted by molar-refractivity contribution is 0.0667. The van der Waals surface area contributed by atoms with E-state index in [4.69, 9.17) is 0 Å². The summed E-state index contributed by atoms with van der Waals surface area (Å²) in [6, 6.07) is 20.0. The Morgan fingerprint density at radius 3 is 2.41 bits per heavy atom. The molecule has 0 radical (unpaired) electrons. The van der Waals surface area contributed by atoms with Gasteiger partial charge in [-0.2, -0.15) is 5.10 Å². The lowest BCUT2D eigenvalue weighted by Gasteiger charge is -2.40. The molecule has 0 fully saturated rings. The van der Waals surface area contributed by atoms with E-state index < -0.39 is 6.10 Å². The molecule has 6 heteroatoms. The molecule has 6 nitrogen and oxygen atoms in total. The number of hydrogen-bond acceptors (Lipinski definition) is 4. The van der Waals surface area contributed by atoms with Crippen molar-refractivity contribution in [3.63, 3.8) is 0 Å². The van der Waals surface area contributed by atoms with Gasteiger partial charge in [-0.1, -0.05) is 67.6 Å². The van der Waals surface area contributed by atoms with Crippen molar-refractivity contribution in [2.75, 3.05) is 0 Å². The van der Waals surface area contributed by atoms with Crippen molar-refractivity contribution < 1.29 is 5.11 Å². The van der Waals surface area contributed by atoms with E-state index in [2.05, 4.69) is 29.3 Å². The van der Waals surface area contributed by atoms with Gasteiger partial charge in [-0.15, -0.1) is 5.10 Å². The fraction of sp³-hybridized carbons (Fsp3) is 0.261. The van der Waals surface area contributed by atoms with E-state index in [1.54, 1.807) is 6.20 Å². The number of nitrogens with zero attached hydrogens (tertiary/aromatic N) is 5. The standard InChI is InChI=1S/C23H23N5O/c1-23(2)13-20(29)18-14-24-28(17-11-7-4-8-12-17)21(18)22(23)27-15-19(25-26-27)16-9-5-3-6-10-16/h3-12,14-15,20,22,29H,13H2,1-2H3. The summed E-state index contributed by atoms with van der Waals surface area (Å²) in [6.07, 6.45) is 3.85. The Balaban J connectivity index is 1.67. The highest BCUT2D eigenvalue weighted by molar-refractivity contribution is 5.57. The maximum atomic E-state index is 10.8. The zero-order chi connectivity index (χ0) is 20.0. The lowest BCUT2D eigenvalue weighted by Crippen LogP contribution is -2.36. The number of benzene rings is 2. The second-order valence-electron chi connectivity index (χ2n) is 8.29. The topological polar surface area (TPSA) is 68.8 Å². The van der Waals surface area contributed by atoms with Crippen molar-refractivity contribution in [2.45, 2.75) is 32.4 Å². The molecule has 29 heavy (non-hydrogen) atoms. The van der Waals surface area contributed by atoms with Crippen molar-refractivity contribution in [3.05, 3.63) is 84.3 Å². The molecule has 2 heterocycles. The average molecular weight is 385 g/mol. The van der Waals surface area contributed by atoms with E-state index in [9.17, 15) is 5.11 Å². The van der Waals surface area contributed by atoms with Crippen LogP contribution < -0.4 is 0 Å². The van der Waals surface area contributed by atoms with E-state index >= 15 is 0 Å². The molecule has 1 aliphatic carbocycles. The molecule has 0 saturated carbocycles. The first kappa shape index (κ1) is 17.8. The molecule has 2 unspecified atom stereocenters. The first-order valence-electron chi connectivity index (χ1n) is 9.83. The maximum absolute atomic E-state index is 10.8. The Bertz CT molecular complexity index is 1130. The van der Waals surface area contributed by atoms with Gasteiger partial charge in [0.2, 0.25) is 0 Å². The number of aliphatic hydroxyl groups is 1. The van der Waals surface area contributed by atoms with E-state index in [0.717, 1.165) is 28.2 Å². The number of para-hydroxylation sites is 1. The van der Waals surface area contributed by atoms with Crippen LogP contribution in [0.2, 0.25) is 0 Å². The van der Waals surface area contributed by atoms with Gasteiger partial charge in [-0.05, 0) is 24.0 Å². The summed E-state index contributed by atoms with van der Waals surface area (Å²) in [6.45, 7) is 4.33. The fourth-order valence-electron chi connectivity index (χ4n) is 4.39. The van der Waals surface area contributed by atoms with Crippen LogP contribution >= 0.6 is 0 Å². The van der Waals surface area contributed by atoms with Crippen molar-refractivity contribution in [3.8, 4) is 16.9 Å². The summed E-state index contributed by atoms with van der Waals surface area (Å²) in [4.78, 5) is 0. The predicted molar refractivity (Wildman–Crippen MR) is 111 cm³/mol. The maximum Gasteiger partial charge on any atom is 0.113 e. The zero-order valence-electron chi connectivity index (χ0n) is 16.5. The van der Waals surface area contributed by atoms with E-state index in [0.29, 0.717) is 6.42 Å². The Morgan fingerprint density at radius 2 is 1.69 bits per heavy atom. The van der Waals surface area contributed by atoms with Gasteiger partial charge < -0.3 is 5.11 Å². The second kappa shape index (κ2) is 6.67. The van der Waals surface area contributed by atoms with Crippen LogP contribution in [0.5, 0.6) is 0 Å². The molecule has 2 aromatic carbocycles. The van der Waals surface area contributed by atoms with Crippen molar-refractivity contribution in [2.24, 2.45) is 5.41 Å². The molecule has 0 saturated heterocycles. The quantitative estimate of drug-likeness (QED) is 0.574. The summed E-state index contributed by atoms with van der Waals surface area (Å²) in [7, 11) is 0. The van der Waals surface area contributed by atoms with Gasteiger partial charge in [-0.3, -0.25) is 0 Å². The third-order valence-electron chi connectivity index (χ3n) is 5.76. The van der Waals surface area contributed by atoms with Gasteiger partial charge in [0.15, 0.2) is 0 Å². The van der Waals surface area contributed by atoms with Crippen LogP contribution in [-0.2, 0) is 0 Å². The van der Waals surface area contributed by atoms with Crippen LogP contribution in [0.3, 0.4) is 0 Å². The second-order valence-corrected chi connectivity index (χ2v) is 8.29. The number of aliphatic hydroxyl groups excluding tert-OH is 1. The molecule has 0 amide bonds. The molecule has 0 bridgehead atoms. The summed E-state index contributed by atoms with van der Waals surface area (Å²) in [5.74, 6) is 0. The molecule has 5 rings (SSSR count). The highest BCUT2D eigenvalue weighted by Crippen LogP contribution is 2.50. The molecule has 2 aromatic heterocycles. The molecular weight excluding hydrogens is 362 g/mol. The van der Waals surface area contributed by atoms with Gasteiger partial charge >= 0.3 is 0 Å². The molecule has 2 atom stereocenters. The molecule has 0 aliphatic heterocycles. The van der Waals surface area contributed by atoms with E-state index in [-0.39, 0.29) is 11.5 Å². The molecule has 4 aromatic rings. The van der Waals surface area contributed by atoms with Gasteiger partial charge in [0.05, 0.1) is 29.9 Å². The van der Waals surface area contributed by atoms with Crippen molar-refractivity contribution >= 4 is 0 Å². The Morgan fingerprint density at radius 1 is 1.00 bits per heavy atom. The Labute approximate surface area is 169 Å². The van der Waals surface area contributed by atoms with Crippen molar-refractivity contribution in [1.29, 1.82) is 0 Å². The largest absolute Gasteiger partial charge is 0.388 e. The molecule has 1 N–H and O–H groups in total. The van der Waals surface area contributed by atoms with Crippen LogP contribution in [0, 0.1) is 5.41 Å². The monoisotopic (exact) mass is 385 g/mol. The van der Waals surface area contributed by atoms with Gasteiger partial charge in [0.1, 0.15) is 11.7 Å². The van der Waals surface area contributed by atoms with Gasteiger partial charge in [-0.25, -0.2) is 9.36 Å².